The summed E-state index contributed by atoms with van der Waals surface area (Å²) < 4.78 is 0. The van der Waals surface area contributed by atoms with Crippen molar-refractivity contribution in [1.29, 1.82) is 0 Å². The van der Waals surface area contributed by atoms with Gasteiger partial charge in [0.25, 0.3) is 0 Å². The number of nitrogens with zero attached hydrogens (tertiary/aromatic N) is 3. The number of nitrogens with two attached hydrogens (primary N) is 3. The quantitative estimate of drug-likeness (QED) is 0.379. The molecule has 1 heterocycles. The van der Waals surface area contributed by atoms with Gasteiger partial charge in [0.05, 0.1) is 5.69 Å². The summed E-state index contributed by atoms with van der Waals surface area (Å²) in [5.41, 5.74) is 16.1. The number of aliphatic imine (C=N–C) groups is 1. The van der Waals surface area contributed by atoms with Crippen molar-refractivity contribution >= 4 is 17.7 Å². The molecule has 0 saturated heterocycles. The minimum Gasteiger partial charge on any atom is -0.382 e. The summed E-state index contributed by atoms with van der Waals surface area (Å²) in [5.74, 6) is -1.02. The van der Waals surface area contributed by atoms with Gasteiger partial charge in [-0.15, -0.1) is 0 Å². The first-order valence-corrected chi connectivity index (χ1v) is 3.74. The molecule has 0 aromatic carbocycles. The van der Waals surface area contributed by atoms with Crippen LogP contribution in [0.2, 0.25) is 0 Å². The highest BCUT2D eigenvalue weighted by molar-refractivity contribution is 6.03. The van der Waals surface area contributed by atoms with Gasteiger partial charge < -0.3 is 17.2 Å². The largest absolute Gasteiger partial charge is 0.382 e. The SMILES string of the molecule is Cc1cnc(C(=O)N=C(N)N)c(N)n1. The first-order chi connectivity index (χ1) is 6.50. The first-order valence-electron chi connectivity index (χ1n) is 3.74. The van der Waals surface area contributed by atoms with Crippen molar-refractivity contribution in [3.63, 3.8) is 0 Å². The van der Waals surface area contributed by atoms with Crippen molar-refractivity contribution in [2.24, 2.45) is 16.5 Å². The maximum absolute atomic E-state index is 11.3. The zero-order valence-electron chi connectivity index (χ0n) is 7.56. The molecule has 7 nitrogen and oxygen atoms in total. The number of carbonyl (C=O) groups excluding carboxylic acids is 1. The molecule has 0 aliphatic rings. The molecular formula is C7H10N6O. The zero-order valence-corrected chi connectivity index (χ0v) is 7.56. The van der Waals surface area contributed by atoms with Crippen LogP contribution in [0.4, 0.5) is 5.82 Å². The number of guanidine groups is 1. The van der Waals surface area contributed by atoms with Crippen molar-refractivity contribution in [1.82, 2.24) is 9.97 Å². The lowest BCUT2D eigenvalue weighted by molar-refractivity contribution is 0.0998. The third kappa shape index (κ3) is 2.16. The molecule has 7 heteroatoms. The van der Waals surface area contributed by atoms with Crippen molar-refractivity contribution in [2.45, 2.75) is 6.92 Å². The predicted molar refractivity (Wildman–Crippen MR) is 51.3 cm³/mol. The van der Waals surface area contributed by atoms with Crippen LogP contribution in [0.15, 0.2) is 11.2 Å². The number of hydrogen-bond acceptors (Lipinski definition) is 4. The first kappa shape index (κ1) is 9.90. The second-order valence-electron chi connectivity index (χ2n) is 2.59. The Balaban J connectivity index is 3.08. The van der Waals surface area contributed by atoms with Gasteiger partial charge in [-0.05, 0) is 6.92 Å². The number of rotatable bonds is 1. The minimum atomic E-state index is -0.699. The van der Waals surface area contributed by atoms with E-state index >= 15 is 0 Å². The predicted octanol–water partition coefficient (Wildman–Crippen LogP) is -1.22. The molecule has 1 rings (SSSR count). The molecule has 0 aliphatic carbocycles. The van der Waals surface area contributed by atoms with E-state index in [9.17, 15) is 4.79 Å². The summed E-state index contributed by atoms with van der Waals surface area (Å²) in [6.45, 7) is 1.71. The van der Waals surface area contributed by atoms with Crippen LogP contribution in [-0.4, -0.2) is 21.8 Å². The fourth-order valence-corrected chi connectivity index (χ4v) is 0.831. The molecule has 1 aromatic rings. The number of anilines is 1. The molecule has 0 bridgehead atoms. The topological polar surface area (TPSA) is 133 Å². The third-order valence-electron chi connectivity index (χ3n) is 1.35. The standard InChI is InChI=1S/C7H10N6O/c1-3-2-11-4(5(8)12-3)6(14)13-7(9)10/h2H,1H3,(H2,8,12)(H4,9,10,13,14). The number of aromatic nitrogens is 2. The van der Waals surface area contributed by atoms with Crippen molar-refractivity contribution < 1.29 is 4.79 Å². The van der Waals surface area contributed by atoms with Crippen LogP contribution in [0.1, 0.15) is 16.2 Å². The van der Waals surface area contributed by atoms with Gasteiger partial charge in [-0.25, -0.2) is 9.97 Å². The Morgan fingerprint density at radius 1 is 1.50 bits per heavy atom. The van der Waals surface area contributed by atoms with Crippen LogP contribution in [0.25, 0.3) is 0 Å². The number of carbonyl (C=O) groups is 1. The van der Waals surface area contributed by atoms with E-state index in [4.69, 9.17) is 17.2 Å². The Bertz CT molecular complexity index is 395. The molecule has 0 radical (unpaired) electrons. The molecule has 0 aliphatic heterocycles. The highest BCUT2D eigenvalue weighted by Crippen LogP contribution is 2.06. The number of amides is 1. The summed E-state index contributed by atoms with van der Waals surface area (Å²) in [7, 11) is 0. The van der Waals surface area contributed by atoms with Gasteiger partial charge in [0.1, 0.15) is 0 Å². The zero-order chi connectivity index (χ0) is 10.7. The Morgan fingerprint density at radius 2 is 2.14 bits per heavy atom. The molecule has 0 spiro atoms. The van der Waals surface area contributed by atoms with Gasteiger partial charge in [0, 0.05) is 6.20 Å². The van der Waals surface area contributed by atoms with E-state index in [1.807, 2.05) is 0 Å². The Morgan fingerprint density at radius 3 is 2.64 bits per heavy atom. The lowest BCUT2D eigenvalue weighted by Gasteiger charge is -2.00. The van der Waals surface area contributed by atoms with Gasteiger partial charge >= 0.3 is 5.91 Å². The van der Waals surface area contributed by atoms with Gasteiger partial charge in [0.2, 0.25) is 0 Å². The van der Waals surface area contributed by atoms with E-state index in [1.165, 1.54) is 6.20 Å². The highest BCUT2D eigenvalue weighted by atomic mass is 16.1. The second-order valence-corrected chi connectivity index (χ2v) is 2.59. The average Bonchev–Trinajstić information content (AvgIpc) is 2.01. The number of aryl methyl sites for hydroxylation is 1. The van der Waals surface area contributed by atoms with Crippen LogP contribution in [0.5, 0.6) is 0 Å². The van der Waals surface area contributed by atoms with Gasteiger partial charge in [-0.2, -0.15) is 4.99 Å². The molecule has 1 amide bonds. The maximum atomic E-state index is 11.3. The molecule has 74 valence electrons. The van der Waals surface area contributed by atoms with E-state index in [0.29, 0.717) is 5.69 Å². The molecule has 0 atom stereocenters. The monoisotopic (exact) mass is 194 g/mol. The van der Waals surface area contributed by atoms with Crippen molar-refractivity contribution in [3.8, 4) is 0 Å². The summed E-state index contributed by atoms with van der Waals surface area (Å²) in [6.07, 6.45) is 1.41. The van der Waals surface area contributed by atoms with Crippen LogP contribution in [0.3, 0.4) is 0 Å². The van der Waals surface area contributed by atoms with Gasteiger partial charge in [0.15, 0.2) is 17.5 Å². The molecule has 0 fully saturated rings. The van der Waals surface area contributed by atoms with E-state index in [2.05, 4.69) is 15.0 Å². The van der Waals surface area contributed by atoms with E-state index in [-0.39, 0.29) is 17.5 Å². The third-order valence-corrected chi connectivity index (χ3v) is 1.35. The molecule has 6 N–H and O–H groups in total. The lowest BCUT2D eigenvalue weighted by Crippen LogP contribution is -2.24. The Hall–Kier alpha value is -2.18. The molecule has 0 saturated carbocycles. The normalized spacial score (nSPS) is 9.50. The van der Waals surface area contributed by atoms with Crippen molar-refractivity contribution in [2.75, 3.05) is 5.73 Å². The summed E-state index contributed by atoms with van der Waals surface area (Å²) in [4.78, 5) is 22.2. The Labute approximate surface area is 80.0 Å². The minimum absolute atomic E-state index is 0.0139. The van der Waals surface area contributed by atoms with Gasteiger partial charge in [-0.3, -0.25) is 4.79 Å². The summed E-state index contributed by atoms with van der Waals surface area (Å²) >= 11 is 0. The second kappa shape index (κ2) is 3.69. The summed E-state index contributed by atoms with van der Waals surface area (Å²) in [6, 6.07) is 0. The van der Waals surface area contributed by atoms with E-state index in [0.717, 1.165) is 0 Å². The van der Waals surface area contributed by atoms with Crippen LogP contribution < -0.4 is 17.2 Å². The average molecular weight is 194 g/mol. The van der Waals surface area contributed by atoms with Crippen LogP contribution in [0, 0.1) is 6.92 Å². The lowest BCUT2D eigenvalue weighted by atomic mass is 10.3. The fraction of sp³-hybridized carbons (Fsp3) is 0.143. The molecule has 1 aromatic heterocycles. The molecule has 14 heavy (non-hydrogen) atoms. The van der Waals surface area contributed by atoms with Crippen LogP contribution >= 0.6 is 0 Å². The smallest absolute Gasteiger partial charge is 0.302 e. The van der Waals surface area contributed by atoms with E-state index in [1.54, 1.807) is 6.92 Å². The Kier molecular flexibility index (Phi) is 2.61. The fourth-order valence-electron chi connectivity index (χ4n) is 0.831. The summed E-state index contributed by atoms with van der Waals surface area (Å²) in [5, 5.41) is 0. The maximum Gasteiger partial charge on any atom is 0.302 e. The van der Waals surface area contributed by atoms with Gasteiger partial charge in [-0.1, -0.05) is 0 Å². The molecule has 0 unspecified atom stereocenters. The van der Waals surface area contributed by atoms with E-state index < -0.39 is 5.91 Å². The molecular weight excluding hydrogens is 184 g/mol. The van der Waals surface area contributed by atoms with Crippen molar-refractivity contribution in [3.05, 3.63) is 17.6 Å². The van der Waals surface area contributed by atoms with Crippen LogP contribution in [-0.2, 0) is 0 Å². The number of nitrogen functional groups attached to an aromatic ring is 1. The highest BCUT2D eigenvalue weighted by Gasteiger charge is 2.11. The number of hydrogen-bond donors (Lipinski definition) is 3.